The molecule has 134 valence electrons. The van der Waals surface area contributed by atoms with Crippen LogP contribution in [-0.2, 0) is 19.4 Å². The Balaban J connectivity index is 0.00000182. The summed E-state index contributed by atoms with van der Waals surface area (Å²) in [5.74, 6) is 0.183. The molecule has 0 aliphatic carbocycles. The summed E-state index contributed by atoms with van der Waals surface area (Å²) >= 11 is 1.88. The summed E-state index contributed by atoms with van der Waals surface area (Å²) in [7, 11) is 0. The van der Waals surface area contributed by atoms with E-state index in [1.807, 2.05) is 28.4 Å². The lowest BCUT2D eigenvalue weighted by molar-refractivity contribution is 0.0221. The summed E-state index contributed by atoms with van der Waals surface area (Å²) < 4.78 is 0. The van der Waals surface area contributed by atoms with Gasteiger partial charge in [-0.3, -0.25) is 9.69 Å². The number of carbonyl (C=O) groups excluding carboxylic acids is 1. The number of benzene rings is 1. The molecule has 3 heterocycles. The monoisotopic (exact) mass is 376 g/mol. The van der Waals surface area contributed by atoms with Gasteiger partial charge in [0.1, 0.15) is 0 Å². The number of hydrogen-bond donors (Lipinski definition) is 0. The van der Waals surface area contributed by atoms with E-state index in [1.165, 1.54) is 11.1 Å². The van der Waals surface area contributed by atoms with E-state index < -0.39 is 0 Å². The van der Waals surface area contributed by atoms with Crippen molar-refractivity contribution in [2.45, 2.75) is 38.8 Å². The van der Waals surface area contributed by atoms with Crippen LogP contribution >= 0.6 is 23.7 Å². The van der Waals surface area contributed by atoms with E-state index in [0.29, 0.717) is 6.04 Å². The second-order valence-corrected chi connectivity index (χ2v) is 7.90. The molecule has 0 radical (unpaired) electrons. The zero-order valence-corrected chi connectivity index (χ0v) is 16.2. The van der Waals surface area contributed by atoms with Gasteiger partial charge < -0.3 is 4.90 Å². The van der Waals surface area contributed by atoms with Crippen molar-refractivity contribution < 1.29 is 4.79 Å². The van der Waals surface area contributed by atoms with Crippen LogP contribution in [0.3, 0.4) is 0 Å². The molecular weight excluding hydrogens is 352 g/mol. The molecule has 3 nitrogen and oxygen atoms in total. The van der Waals surface area contributed by atoms with E-state index in [9.17, 15) is 4.79 Å². The van der Waals surface area contributed by atoms with Gasteiger partial charge in [-0.25, -0.2) is 0 Å². The van der Waals surface area contributed by atoms with Crippen LogP contribution in [0.15, 0.2) is 35.7 Å². The van der Waals surface area contributed by atoms with Crippen molar-refractivity contribution in [2.75, 3.05) is 19.6 Å². The number of rotatable bonds is 4. The Labute approximate surface area is 160 Å². The quantitative estimate of drug-likeness (QED) is 0.805. The van der Waals surface area contributed by atoms with Gasteiger partial charge in [0.25, 0.3) is 5.91 Å². The molecule has 0 saturated carbocycles. The first-order valence-electron chi connectivity index (χ1n) is 8.92. The van der Waals surface area contributed by atoms with Crippen LogP contribution < -0.4 is 0 Å². The van der Waals surface area contributed by atoms with Crippen molar-refractivity contribution in [3.8, 4) is 0 Å². The number of nitrogens with zero attached hydrogens (tertiary/aromatic N) is 2. The highest BCUT2D eigenvalue weighted by Crippen LogP contribution is 2.28. The van der Waals surface area contributed by atoms with Crippen molar-refractivity contribution in [1.82, 2.24) is 9.80 Å². The Hall–Kier alpha value is -1.36. The second kappa shape index (κ2) is 7.90. The third-order valence-electron chi connectivity index (χ3n) is 5.24. The predicted octanol–water partition coefficient (Wildman–Crippen LogP) is 4.01. The van der Waals surface area contributed by atoms with E-state index in [4.69, 9.17) is 0 Å². The zero-order valence-electron chi connectivity index (χ0n) is 14.6. The lowest BCUT2D eigenvalue weighted by atomic mass is 10.0. The van der Waals surface area contributed by atoms with Crippen LogP contribution in [0.5, 0.6) is 0 Å². The Kier molecular flexibility index (Phi) is 5.82. The summed E-state index contributed by atoms with van der Waals surface area (Å²) in [4.78, 5) is 18.7. The lowest BCUT2D eigenvalue weighted by Gasteiger charge is -2.46. The summed E-state index contributed by atoms with van der Waals surface area (Å²) in [6.45, 7) is 6.10. The number of likely N-dealkylation sites (tertiary alicyclic amines) is 1. The molecule has 0 bridgehead atoms. The number of thiophene rings is 1. The van der Waals surface area contributed by atoms with E-state index >= 15 is 0 Å². The smallest absolute Gasteiger partial charge is 0.253 e. The van der Waals surface area contributed by atoms with Crippen molar-refractivity contribution in [3.63, 3.8) is 0 Å². The van der Waals surface area contributed by atoms with Crippen molar-refractivity contribution in [2.24, 2.45) is 0 Å². The van der Waals surface area contributed by atoms with Crippen molar-refractivity contribution in [3.05, 3.63) is 57.3 Å². The molecule has 4 rings (SSSR count). The molecule has 0 atom stereocenters. The van der Waals surface area contributed by atoms with Crippen LogP contribution in [-0.4, -0.2) is 41.4 Å². The number of carbonyl (C=O) groups is 1. The molecule has 5 heteroatoms. The molecule has 1 amide bonds. The number of aryl methyl sites for hydroxylation is 1. The Morgan fingerprint density at radius 1 is 1.20 bits per heavy atom. The normalized spacial score (nSPS) is 17.6. The van der Waals surface area contributed by atoms with Crippen LogP contribution in [0.4, 0.5) is 0 Å². The average molecular weight is 377 g/mol. The fourth-order valence-electron chi connectivity index (χ4n) is 3.72. The fourth-order valence-corrected chi connectivity index (χ4v) is 4.61. The second-order valence-electron chi connectivity index (χ2n) is 6.90. The molecule has 2 aromatic rings. The Morgan fingerprint density at radius 3 is 2.68 bits per heavy atom. The maximum Gasteiger partial charge on any atom is 0.253 e. The van der Waals surface area contributed by atoms with Gasteiger partial charge in [-0.15, -0.1) is 23.7 Å². The van der Waals surface area contributed by atoms with E-state index in [0.717, 1.165) is 51.0 Å². The molecule has 0 N–H and O–H groups in total. The molecule has 2 aliphatic heterocycles. The number of amides is 1. The Bertz CT molecular complexity index is 722. The van der Waals surface area contributed by atoms with Crippen molar-refractivity contribution in [1.29, 1.82) is 0 Å². The first-order valence-corrected chi connectivity index (χ1v) is 9.80. The van der Waals surface area contributed by atoms with Crippen LogP contribution in [0, 0.1) is 0 Å². The van der Waals surface area contributed by atoms with E-state index in [1.54, 1.807) is 4.88 Å². The van der Waals surface area contributed by atoms with Crippen LogP contribution in [0.2, 0.25) is 0 Å². The molecule has 2 aliphatic rings. The summed E-state index contributed by atoms with van der Waals surface area (Å²) in [5.41, 5.74) is 3.63. The molecule has 1 aromatic carbocycles. The van der Waals surface area contributed by atoms with E-state index in [-0.39, 0.29) is 18.3 Å². The number of hydrogen-bond acceptors (Lipinski definition) is 3. The molecule has 25 heavy (non-hydrogen) atoms. The summed E-state index contributed by atoms with van der Waals surface area (Å²) in [6.07, 6.45) is 3.39. The van der Waals surface area contributed by atoms with Crippen molar-refractivity contribution >= 4 is 29.7 Å². The van der Waals surface area contributed by atoms with Gasteiger partial charge in [-0.05, 0) is 47.5 Å². The van der Waals surface area contributed by atoms with Gasteiger partial charge >= 0.3 is 0 Å². The van der Waals surface area contributed by atoms with Gasteiger partial charge in [-0.1, -0.05) is 25.5 Å². The molecule has 1 fully saturated rings. The molecular formula is C20H25ClN2OS. The fraction of sp³-hybridized carbons (Fsp3) is 0.450. The first kappa shape index (κ1) is 18.4. The van der Waals surface area contributed by atoms with Gasteiger partial charge in [0.15, 0.2) is 0 Å². The van der Waals surface area contributed by atoms with Crippen LogP contribution in [0.1, 0.15) is 39.7 Å². The summed E-state index contributed by atoms with van der Waals surface area (Å²) in [6, 6.07) is 10.9. The van der Waals surface area contributed by atoms with Gasteiger partial charge in [0.05, 0.1) is 0 Å². The minimum atomic E-state index is 0. The molecule has 1 saturated heterocycles. The highest BCUT2D eigenvalue weighted by Gasteiger charge is 2.36. The van der Waals surface area contributed by atoms with Crippen LogP contribution in [0.25, 0.3) is 0 Å². The number of halogens is 1. The molecule has 0 spiro atoms. The maximum absolute atomic E-state index is 12.6. The first-order chi connectivity index (χ1) is 11.7. The standard InChI is InChI=1S/C20H24N2OS.ClH/c1-2-3-15-4-6-16(7-5-15)20(23)22-13-18(14-22)21-10-8-19-17(12-21)9-11-24-19;/h4-7,9,11,18H,2-3,8,10,12-14H2,1H3;1H. The Morgan fingerprint density at radius 2 is 1.96 bits per heavy atom. The van der Waals surface area contributed by atoms with E-state index in [2.05, 4.69) is 35.4 Å². The third kappa shape index (κ3) is 3.76. The third-order valence-corrected chi connectivity index (χ3v) is 6.27. The minimum absolute atomic E-state index is 0. The lowest BCUT2D eigenvalue weighted by Crippen LogP contribution is -2.61. The highest BCUT2D eigenvalue weighted by atomic mass is 35.5. The van der Waals surface area contributed by atoms with Gasteiger partial charge in [0.2, 0.25) is 0 Å². The van der Waals surface area contributed by atoms with Gasteiger partial charge in [-0.2, -0.15) is 0 Å². The summed E-state index contributed by atoms with van der Waals surface area (Å²) in [5, 5.41) is 2.20. The average Bonchev–Trinajstić information content (AvgIpc) is 3.02. The predicted molar refractivity (Wildman–Crippen MR) is 106 cm³/mol. The largest absolute Gasteiger partial charge is 0.335 e. The maximum atomic E-state index is 12.6. The van der Waals surface area contributed by atoms with Gasteiger partial charge in [0, 0.05) is 42.7 Å². The minimum Gasteiger partial charge on any atom is -0.335 e. The highest BCUT2D eigenvalue weighted by molar-refractivity contribution is 7.10. The number of fused-ring (bicyclic) bond motifs is 1. The SMILES string of the molecule is CCCc1ccc(C(=O)N2CC(N3CCc4sccc4C3)C2)cc1.Cl. The zero-order chi connectivity index (χ0) is 16.5. The molecule has 0 unspecified atom stereocenters. The molecule has 1 aromatic heterocycles. The topological polar surface area (TPSA) is 23.6 Å².